The third kappa shape index (κ3) is 7.00. The Hall–Kier alpha value is -3.14. The molecule has 1 aliphatic heterocycles. The van der Waals surface area contributed by atoms with Gasteiger partial charge in [-0.2, -0.15) is 13.2 Å². The minimum Gasteiger partial charge on any atom is -0.472 e. The van der Waals surface area contributed by atoms with E-state index in [9.17, 15) is 31.5 Å². The van der Waals surface area contributed by atoms with Crippen molar-refractivity contribution in [2.24, 2.45) is 5.92 Å². The van der Waals surface area contributed by atoms with Crippen molar-refractivity contribution in [3.8, 4) is 17.7 Å². The smallest absolute Gasteiger partial charge is 0.416 e. The Bertz CT molecular complexity index is 1300. The number of hydrogen-bond acceptors (Lipinski definition) is 6. The molecular formula is C25H28F3N3O5S. The summed E-state index contributed by atoms with van der Waals surface area (Å²) in [5.74, 6) is 4.82. The molecule has 0 saturated carbocycles. The standard InChI is InChI=1S/C25H28F3N3O5S/c1-16-13-31(17(2)15-32)24(33)21-11-19(6-5-18-7-9-20(10-8-18)25(26,27)28)12-29-23(21)36-22(16)14-30(3)37(4,34)35/h7-12,16-17,22,32H,13-15H2,1-4H3/t16-,17+,22-/m0/s1. The van der Waals surface area contributed by atoms with Crippen LogP contribution in [0.15, 0.2) is 36.5 Å². The number of pyridine rings is 1. The maximum atomic E-state index is 13.4. The van der Waals surface area contributed by atoms with Crippen molar-refractivity contribution in [1.82, 2.24) is 14.2 Å². The first-order chi connectivity index (χ1) is 17.2. The van der Waals surface area contributed by atoms with Crippen LogP contribution in [0.25, 0.3) is 0 Å². The fourth-order valence-electron chi connectivity index (χ4n) is 3.66. The van der Waals surface area contributed by atoms with Gasteiger partial charge < -0.3 is 14.7 Å². The first kappa shape index (κ1) is 28.4. The lowest BCUT2D eigenvalue weighted by molar-refractivity contribution is -0.137. The molecule has 1 aliphatic rings. The Morgan fingerprint density at radius 3 is 2.43 bits per heavy atom. The molecule has 1 amide bonds. The quantitative estimate of drug-likeness (QED) is 0.587. The highest BCUT2D eigenvalue weighted by molar-refractivity contribution is 7.88. The fraction of sp³-hybridized carbons (Fsp3) is 0.440. The summed E-state index contributed by atoms with van der Waals surface area (Å²) in [5.41, 5.74) is -0.0356. The Morgan fingerprint density at radius 1 is 1.24 bits per heavy atom. The van der Waals surface area contributed by atoms with Gasteiger partial charge in [0.2, 0.25) is 15.9 Å². The van der Waals surface area contributed by atoms with E-state index in [2.05, 4.69) is 16.8 Å². The van der Waals surface area contributed by atoms with Crippen LogP contribution in [0.2, 0.25) is 0 Å². The fourth-order valence-corrected chi connectivity index (χ4v) is 4.08. The van der Waals surface area contributed by atoms with Crippen LogP contribution in [0.1, 0.15) is 40.9 Å². The molecule has 8 nitrogen and oxygen atoms in total. The van der Waals surface area contributed by atoms with Crippen molar-refractivity contribution < 1.29 is 36.2 Å². The van der Waals surface area contributed by atoms with Gasteiger partial charge in [-0.3, -0.25) is 4.79 Å². The van der Waals surface area contributed by atoms with E-state index in [1.54, 1.807) is 6.92 Å². The lowest BCUT2D eigenvalue weighted by atomic mass is 10.0. The summed E-state index contributed by atoms with van der Waals surface area (Å²) in [6, 6.07) is 5.30. The highest BCUT2D eigenvalue weighted by Gasteiger charge is 2.35. The van der Waals surface area contributed by atoms with Crippen LogP contribution in [-0.2, 0) is 16.2 Å². The third-order valence-corrected chi connectivity index (χ3v) is 7.37. The Labute approximate surface area is 214 Å². The molecule has 37 heavy (non-hydrogen) atoms. The van der Waals surface area contributed by atoms with Crippen molar-refractivity contribution in [3.05, 3.63) is 58.8 Å². The van der Waals surface area contributed by atoms with Gasteiger partial charge in [-0.1, -0.05) is 18.8 Å². The molecule has 3 rings (SSSR count). The zero-order valence-electron chi connectivity index (χ0n) is 20.8. The van der Waals surface area contributed by atoms with Gasteiger partial charge in [0, 0.05) is 36.8 Å². The number of amides is 1. The summed E-state index contributed by atoms with van der Waals surface area (Å²) in [4.78, 5) is 19.1. The number of rotatable bonds is 5. The molecule has 2 heterocycles. The largest absolute Gasteiger partial charge is 0.472 e. The van der Waals surface area contributed by atoms with Gasteiger partial charge in [0.25, 0.3) is 5.91 Å². The molecule has 1 N–H and O–H groups in total. The number of nitrogens with zero attached hydrogens (tertiary/aromatic N) is 3. The van der Waals surface area contributed by atoms with Gasteiger partial charge in [-0.25, -0.2) is 17.7 Å². The van der Waals surface area contributed by atoms with E-state index in [1.807, 2.05) is 6.92 Å². The number of carbonyl (C=O) groups is 1. The van der Waals surface area contributed by atoms with Crippen molar-refractivity contribution in [1.29, 1.82) is 0 Å². The molecule has 0 aliphatic carbocycles. The molecule has 200 valence electrons. The number of aliphatic hydroxyl groups is 1. The second-order valence-electron chi connectivity index (χ2n) is 9.07. The van der Waals surface area contributed by atoms with Crippen molar-refractivity contribution >= 4 is 15.9 Å². The first-order valence-corrected chi connectivity index (χ1v) is 13.2. The number of sulfonamides is 1. The number of halogens is 3. The SMILES string of the molecule is C[C@H](CO)N1C[C@H](C)[C@H](CN(C)S(C)(=O)=O)Oc2ncc(C#Cc3ccc(C(F)(F)F)cc3)cc2C1=O. The second-order valence-corrected chi connectivity index (χ2v) is 11.2. The number of fused-ring (bicyclic) bond motifs is 1. The zero-order valence-corrected chi connectivity index (χ0v) is 21.6. The van der Waals surface area contributed by atoms with Gasteiger partial charge in [-0.15, -0.1) is 0 Å². The molecule has 1 aromatic heterocycles. The normalized spacial score (nSPS) is 19.3. The van der Waals surface area contributed by atoms with E-state index in [1.165, 1.54) is 36.3 Å². The molecule has 3 atom stereocenters. The number of aliphatic hydroxyl groups excluding tert-OH is 1. The molecule has 2 aromatic rings. The number of carbonyl (C=O) groups excluding carboxylic acids is 1. The lowest BCUT2D eigenvalue weighted by Gasteiger charge is -2.37. The molecule has 1 aromatic carbocycles. The van der Waals surface area contributed by atoms with Crippen molar-refractivity contribution in [2.75, 3.05) is 33.0 Å². The average molecular weight is 540 g/mol. The number of ether oxygens (including phenoxy) is 1. The van der Waals surface area contributed by atoms with Crippen LogP contribution in [-0.4, -0.2) is 78.8 Å². The summed E-state index contributed by atoms with van der Waals surface area (Å²) in [7, 11) is -2.06. The Morgan fingerprint density at radius 2 is 1.86 bits per heavy atom. The highest BCUT2D eigenvalue weighted by atomic mass is 32.2. The first-order valence-electron chi connectivity index (χ1n) is 11.4. The predicted octanol–water partition coefficient (Wildman–Crippen LogP) is 2.61. The molecule has 0 saturated heterocycles. The topological polar surface area (TPSA) is 100 Å². The summed E-state index contributed by atoms with van der Waals surface area (Å²) in [5, 5.41) is 9.73. The molecule has 0 bridgehead atoms. The second kappa shape index (κ2) is 11.1. The van der Waals surface area contributed by atoms with Gasteiger partial charge in [-0.05, 0) is 37.3 Å². The minimum absolute atomic E-state index is 0.00123. The van der Waals surface area contributed by atoms with E-state index in [0.717, 1.165) is 22.7 Å². The van der Waals surface area contributed by atoms with Crippen LogP contribution in [0.3, 0.4) is 0 Å². The predicted molar refractivity (Wildman–Crippen MR) is 130 cm³/mol. The molecule has 12 heteroatoms. The molecular weight excluding hydrogens is 511 g/mol. The maximum absolute atomic E-state index is 13.4. The van der Waals surface area contributed by atoms with E-state index >= 15 is 0 Å². The van der Waals surface area contributed by atoms with Crippen LogP contribution in [0.4, 0.5) is 13.2 Å². The maximum Gasteiger partial charge on any atom is 0.416 e. The van der Waals surface area contributed by atoms with Crippen LogP contribution >= 0.6 is 0 Å². The molecule has 0 unspecified atom stereocenters. The van der Waals surface area contributed by atoms with Gasteiger partial charge in [0.1, 0.15) is 11.7 Å². The number of aromatic nitrogens is 1. The third-order valence-electron chi connectivity index (χ3n) is 6.09. The summed E-state index contributed by atoms with van der Waals surface area (Å²) >= 11 is 0. The van der Waals surface area contributed by atoms with Crippen LogP contribution < -0.4 is 4.74 Å². The number of benzene rings is 1. The zero-order chi connectivity index (χ0) is 27.5. The molecule has 0 radical (unpaired) electrons. The van der Waals surface area contributed by atoms with E-state index in [4.69, 9.17) is 4.74 Å². The summed E-state index contributed by atoms with van der Waals surface area (Å²) < 4.78 is 69.5. The molecule has 0 fully saturated rings. The highest BCUT2D eigenvalue weighted by Crippen LogP contribution is 2.29. The van der Waals surface area contributed by atoms with Gasteiger partial charge >= 0.3 is 6.18 Å². The van der Waals surface area contributed by atoms with Crippen molar-refractivity contribution in [3.63, 3.8) is 0 Å². The lowest BCUT2D eigenvalue weighted by Crippen LogP contribution is -2.50. The monoisotopic (exact) mass is 539 g/mol. The summed E-state index contributed by atoms with van der Waals surface area (Å²) in [6.45, 7) is 3.44. The van der Waals surface area contributed by atoms with E-state index in [0.29, 0.717) is 11.1 Å². The van der Waals surface area contributed by atoms with Gasteiger partial charge in [0.15, 0.2) is 0 Å². The van der Waals surface area contributed by atoms with Crippen molar-refractivity contribution in [2.45, 2.75) is 32.2 Å². The average Bonchev–Trinajstić information content (AvgIpc) is 2.83. The summed E-state index contributed by atoms with van der Waals surface area (Å²) in [6.07, 6.45) is -2.64. The van der Waals surface area contributed by atoms with Crippen LogP contribution in [0.5, 0.6) is 5.88 Å². The number of likely N-dealkylation sites (N-methyl/N-ethyl adjacent to an activating group) is 1. The van der Waals surface area contributed by atoms with E-state index in [-0.39, 0.29) is 37.1 Å². The van der Waals surface area contributed by atoms with Crippen LogP contribution in [0, 0.1) is 17.8 Å². The molecule has 0 spiro atoms. The number of hydrogen-bond donors (Lipinski definition) is 1. The van der Waals surface area contributed by atoms with Gasteiger partial charge in [0.05, 0.1) is 31.0 Å². The van der Waals surface area contributed by atoms with E-state index < -0.39 is 39.8 Å². The Balaban J connectivity index is 1.98. The minimum atomic E-state index is -4.45. The number of alkyl halides is 3. The Kier molecular flexibility index (Phi) is 8.52.